The van der Waals surface area contributed by atoms with E-state index in [2.05, 4.69) is 29.5 Å². The van der Waals surface area contributed by atoms with Gasteiger partial charge in [-0.3, -0.25) is 14.4 Å². The Hall–Kier alpha value is -3.87. The summed E-state index contributed by atoms with van der Waals surface area (Å²) >= 11 is 0. The van der Waals surface area contributed by atoms with Gasteiger partial charge in [0.1, 0.15) is 0 Å². The van der Waals surface area contributed by atoms with E-state index in [4.69, 9.17) is 0 Å². The fourth-order valence-corrected chi connectivity index (χ4v) is 4.08. The first-order valence-electron chi connectivity index (χ1n) is 10.5. The second kappa shape index (κ2) is 8.34. The van der Waals surface area contributed by atoms with Crippen LogP contribution in [0.1, 0.15) is 42.3 Å². The van der Waals surface area contributed by atoms with Crippen molar-refractivity contribution in [3.8, 4) is 0 Å². The molecule has 3 N–H and O–H groups in total. The molecule has 32 heavy (non-hydrogen) atoms. The lowest BCUT2D eigenvalue weighted by Crippen LogP contribution is -2.32. The molecule has 1 aliphatic rings. The number of aromatic nitrogens is 1. The van der Waals surface area contributed by atoms with Crippen LogP contribution in [0.4, 0.5) is 17.1 Å². The van der Waals surface area contributed by atoms with Crippen molar-refractivity contribution in [2.24, 2.45) is 0 Å². The molecule has 0 fully saturated rings. The van der Waals surface area contributed by atoms with Gasteiger partial charge < -0.3 is 20.5 Å². The minimum atomic E-state index is -0.259. The average Bonchev–Trinajstić information content (AvgIpc) is 3.03. The zero-order valence-electron chi connectivity index (χ0n) is 18.4. The van der Waals surface area contributed by atoms with Crippen molar-refractivity contribution in [2.75, 3.05) is 22.1 Å². The number of H-pyrrole nitrogens is 1. The van der Waals surface area contributed by atoms with Crippen LogP contribution in [-0.4, -0.2) is 23.3 Å². The highest BCUT2D eigenvalue weighted by Crippen LogP contribution is 2.41. The van der Waals surface area contributed by atoms with E-state index in [1.165, 1.54) is 6.07 Å². The minimum Gasteiger partial charge on any atom is -0.380 e. The summed E-state index contributed by atoms with van der Waals surface area (Å²) in [7, 11) is 0. The van der Waals surface area contributed by atoms with Crippen LogP contribution in [0.2, 0.25) is 0 Å². The topological polar surface area (TPSA) is 94.3 Å². The van der Waals surface area contributed by atoms with Crippen LogP contribution in [0.25, 0.3) is 0 Å². The van der Waals surface area contributed by atoms with E-state index in [9.17, 15) is 14.4 Å². The fraction of sp³-hybridized carbons (Fsp3) is 0.240. The quantitative estimate of drug-likeness (QED) is 0.573. The number of hydrogen-bond donors (Lipinski definition) is 3. The molecule has 2 amide bonds. The van der Waals surface area contributed by atoms with Gasteiger partial charge >= 0.3 is 0 Å². The molecule has 7 nitrogen and oxygen atoms in total. The molecule has 2 heterocycles. The molecule has 2 aromatic carbocycles. The number of carbonyl (C=O) groups excluding carboxylic acids is 2. The molecule has 0 atom stereocenters. The standard InChI is InChI=1S/C25H26N4O3/c1-16(30)29-15-25(2,3)20-9-8-18(13-22(20)29)28-24(32)19-6-4-5-7-21(19)27-14-17-10-11-26-23(31)12-17/h4-13,27H,14-15H2,1-3H3,(H,26,31)(H,28,32). The summed E-state index contributed by atoms with van der Waals surface area (Å²) in [4.78, 5) is 41.0. The molecular weight excluding hydrogens is 404 g/mol. The van der Waals surface area contributed by atoms with Gasteiger partial charge in [0, 0.05) is 54.8 Å². The van der Waals surface area contributed by atoms with E-state index in [-0.39, 0.29) is 22.8 Å². The van der Waals surface area contributed by atoms with Gasteiger partial charge in [-0.15, -0.1) is 0 Å². The third-order valence-corrected chi connectivity index (χ3v) is 5.70. The Balaban J connectivity index is 1.55. The Morgan fingerprint density at radius 2 is 1.88 bits per heavy atom. The van der Waals surface area contributed by atoms with E-state index >= 15 is 0 Å². The number of pyridine rings is 1. The molecule has 0 saturated heterocycles. The molecule has 0 unspecified atom stereocenters. The third kappa shape index (κ3) is 4.27. The summed E-state index contributed by atoms with van der Waals surface area (Å²) in [5.41, 5.74) is 4.21. The molecule has 0 saturated carbocycles. The van der Waals surface area contributed by atoms with Crippen molar-refractivity contribution in [1.82, 2.24) is 4.98 Å². The summed E-state index contributed by atoms with van der Waals surface area (Å²) in [5, 5.41) is 6.18. The van der Waals surface area contributed by atoms with E-state index in [1.54, 1.807) is 30.2 Å². The fourth-order valence-electron chi connectivity index (χ4n) is 4.08. The highest BCUT2D eigenvalue weighted by Gasteiger charge is 2.36. The molecule has 0 spiro atoms. The minimum absolute atomic E-state index is 0.0189. The Bertz CT molecular complexity index is 1250. The highest BCUT2D eigenvalue weighted by molar-refractivity contribution is 6.08. The summed E-state index contributed by atoms with van der Waals surface area (Å²) in [6.45, 7) is 6.80. The monoisotopic (exact) mass is 430 g/mol. The molecule has 0 aliphatic carbocycles. The van der Waals surface area contributed by atoms with Gasteiger partial charge in [0.25, 0.3) is 5.91 Å². The maximum Gasteiger partial charge on any atom is 0.257 e. The van der Waals surface area contributed by atoms with Crippen LogP contribution >= 0.6 is 0 Å². The van der Waals surface area contributed by atoms with Crippen molar-refractivity contribution < 1.29 is 9.59 Å². The molecule has 164 valence electrons. The van der Waals surface area contributed by atoms with E-state index in [1.807, 2.05) is 36.4 Å². The van der Waals surface area contributed by atoms with E-state index in [0.29, 0.717) is 30.0 Å². The molecular formula is C25H26N4O3. The normalized spacial score (nSPS) is 14.0. The first-order valence-corrected chi connectivity index (χ1v) is 10.5. The van der Waals surface area contributed by atoms with Gasteiger partial charge in [-0.05, 0) is 41.5 Å². The lowest BCUT2D eigenvalue weighted by molar-refractivity contribution is -0.116. The van der Waals surface area contributed by atoms with Crippen molar-refractivity contribution >= 4 is 28.9 Å². The molecule has 4 rings (SSSR count). The number of hydrogen-bond acceptors (Lipinski definition) is 4. The molecule has 0 bridgehead atoms. The highest BCUT2D eigenvalue weighted by atomic mass is 16.2. The average molecular weight is 431 g/mol. The maximum atomic E-state index is 13.1. The van der Waals surface area contributed by atoms with Crippen LogP contribution < -0.4 is 21.1 Å². The molecule has 3 aromatic rings. The summed E-state index contributed by atoms with van der Waals surface area (Å²) in [6, 6.07) is 16.2. The lowest BCUT2D eigenvalue weighted by Gasteiger charge is -2.19. The van der Waals surface area contributed by atoms with Crippen molar-refractivity contribution in [3.63, 3.8) is 0 Å². The second-order valence-corrected chi connectivity index (χ2v) is 8.64. The zero-order chi connectivity index (χ0) is 22.9. The largest absolute Gasteiger partial charge is 0.380 e. The number of para-hydroxylation sites is 1. The summed E-state index contributed by atoms with van der Waals surface area (Å²) in [6.07, 6.45) is 1.59. The zero-order valence-corrected chi connectivity index (χ0v) is 18.4. The number of benzene rings is 2. The molecule has 7 heteroatoms. The number of rotatable bonds is 5. The first-order chi connectivity index (χ1) is 15.2. The number of carbonyl (C=O) groups is 2. The van der Waals surface area contributed by atoms with Crippen LogP contribution in [0.15, 0.2) is 65.6 Å². The van der Waals surface area contributed by atoms with Gasteiger partial charge in [-0.25, -0.2) is 0 Å². The Labute approximate surface area is 186 Å². The maximum absolute atomic E-state index is 13.1. The van der Waals surface area contributed by atoms with Gasteiger partial charge in [0.05, 0.1) is 5.56 Å². The van der Waals surface area contributed by atoms with Crippen molar-refractivity contribution in [3.05, 3.63) is 87.8 Å². The molecule has 0 radical (unpaired) electrons. The number of fused-ring (bicyclic) bond motifs is 1. The Morgan fingerprint density at radius 1 is 1.09 bits per heavy atom. The number of amides is 2. The van der Waals surface area contributed by atoms with Crippen molar-refractivity contribution in [2.45, 2.75) is 32.7 Å². The van der Waals surface area contributed by atoms with Crippen LogP contribution in [-0.2, 0) is 16.8 Å². The molecule has 1 aliphatic heterocycles. The Kier molecular flexibility index (Phi) is 5.57. The predicted molar refractivity (Wildman–Crippen MR) is 126 cm³/mol. The van der Waals surface area contributed by atoms with Gasteiger partial charge in [-0.1, -0.05) is 32.0 Å². The van der Waals surface area contributed by atoms with Crippen LogP contribution in [0.5, 0.6) is 0 Å². The van der Waals surface area contributed by atoms with E-state index < -0.39 is 0 Å². The Morgan fingerprint density at radius 3 is 2.62 bits per heavy atom. The SMILES string of the molecule is CC(=O)N1CC(C)(C)c2ccc(NC(=O)c3ccccc3NCc3cc[nH]c(=O)c3)cc21. The number of aromatic amines is 1. The van der Waals surface area contributed by atoms with Crippen LogP contribution in [0, 0.1) is 0 Å². The number of nitrogens with one attached hydrogen (secondary N) is 3. The number of nitrogens with zero attached hydrogens (tertiary/aromatic N) is 1. The first kappa shape index (κ1) is 21.4. The lowest BCUT2D eigenvalue weighted by atomic mass is 9.87. The van der Waals surface area contributed by atoms with Crippen molar-refractivity contribution in [1.29, 1.82) is 0 Å². The smallest absolute Gasteiger partial charge is 0.257 e. The number of anilines is 3. The van der Waals surface area contributed by atoms with E-state index in [0.717, 1.165) is 16.8 Å². The summed E-state index contributed by atoms with van der Waals surface area (Å²) in [5.74, 6) is -0.278. The van der Waals surface area contributed by atoms with Gasteiger partial charge in [-0.2, -0.15) is 0 Å². The molecule has 1 aromatic heterocycles. The van der Waals surface area contributed by atoms with Crippen LogP contribution in [0.3, 0.4) is 0 Å². The van der Waals surface area contributed by atoms with Gasteiger partial charge in [0.2, 0.25) is 11.5 Å². The summed E-state index contributed by atoms with van der Waals surface area (Å²) < 4.78 is 0. The predicted octanol–water partition coefficient (Wildman–Crippen LogP) is 3.88. The third-order valence-electron chi connectivity index (χ3n) is 5.70. The van der Waals surface area contributed by atoms with Gasteiger partial charge in [0.15, 0.2) is 0 Å². The second-order valence-electron chi connectivity index (χ2n) is 8.64.